The largest absolute Gasteiger partial charge is 0.480 e. The monoisotopic (exact) mass is 214 g/mol. The molecule has 3 nitrogen and oxygen atoms in total. The van der Waals surface area contributed by atoms with E-state index in [2.05, 4.69) is 0 Å². The van der Waals surface area contributed by atoms with Crippen LogP contribution in [0.1, 0.15) is 19.4 Å². The van der Waals surface area contributed by atoms with Crippen LogP contribution in [0.2, 0.25) is 0 Å². The van der Waals surface area contributed by atoms with Gasteiger partial charge in [0.25, 0.3) is 0 Å². The maximum absolute atomic E-state index is 10.9. The van der Waals surface area contributed by atoms with Gasteiger partial charge in [-0.05, 0) is 12.0 Å². The Morgan fingerprint density at radius 2 is 2.36 bits per heavy atom. The lowest BCUT2D eigenvalue weighted by molar-refractivity contribution is -0.137. The third-order valence-corrected chi connectivity index (χ3v) is 3.46. The number of hydrogen-bond acceptors (Lipinski definition) is 3. The van der Waals surface area contributed by atoms with Gasteiger partial charge in [-0.1, -0.05) is 13.8 Å². The third kappa shape index (κ3) is 3.10. The summed E-state index contributed by atoms with van der Waals surface area (Å²) in [5.41, 5.74) is 1.03. The van der Waals surface area contributed by atoms with Crippen molar-refractivity contribution in [3.05, 3.63) is 24.2 Å². The van der Waals surface area contributed by atoms with Gasteiger partial charge in [0.15, 0.2) is 0 Å². The van der Waals surface area contributed by atoms with E-state index in [-0.39, 0.29) is 11.2 Å². The summed E-state index contributed by atoms with van der Waals surface area (Å²) in [4.78, 5) is 10.9. The van der Waals surface area contributed by atoms with E-state index in [1.165, 1.54) is 11.8 Å². The van der Waals surface area contributed by atoms with E-state index in [1.807, 2.05) is 19.9 Å². The summed E-state index contributed by atoms with van der Waals surface area (Å²) in [6.45, 7) is 3.84. The van der Waals surface area contributed by atoms with E-state index < -0.39 is 5.97 Å². The predicted molar refractivity (Wildman–Crippen MR) is 56.3 cm³/mol. The van der Waals surface area contributed by atoms with Crippen molar-refractivity contribution >= 4 is 17.7 Å². The third-order valence-electron chi connectivity index (χ3n) is 1.86. The van der Waals surface area contributed by atoms with E-state index in [1.54, 1.807) is 12.5 Å². The summed E-state index contributed by atoms with van der Waals surface area (Å²) in [5.74, 6) is 0.0870. The smallest absolute Gasteiger partial charge is 0.316 e. The lowest BCUT2D eigenvalue weighted by Gasteiger charge is -2.14. The molecule has 1 aromatic rings. The van der Waals surface area contributed by atoms with Gasteiger partial charge < -0.3 is 9.52 Å². The van der Waals surface area contributed by atoms with Crippen LogP contribution in [0, 0.1) is 5.92 Å². The highest BCUT2D eigenvalue weighted by molar-refractivity contribution is 7.99. The van der Waals surface area contributed by atoms with Gasteiger partial charge in [-0.25, -0.2) is 0 Å². The van der Waals surface area contributed by atoms with Crippen LogP contribution >= 0.6 is 11.8 Å². The first-order valence-electron chi connectivity index (χ1n) is 4.46. The number of aliphatic carboxylic acids is 1. The minimum Gasteiger partial charge on any atom is -0.480 e. The SMILES string of the molecule is CC(C)C(SCc1ccoc1)C(=O)O. The molecular formula is C10H14O3S. The first-order chi connectivity index (χ1) is 6.61. The van der Waals surface area contributed by atoms with Gasteiger partial charge in [-0.15, -0.1) is 11.8 Å². The number of carboxylic acid groups (broad SMARTS) is 1. The maximum Gasteiger partial charge on any atom is 0.316 e. The molecule has 0 saturated heterocycles. The highest BCUT2D eigenvalue weighted by Crippen LogP contribution is 2.23. The molecule has 0 aromatic carbocycles. The Hall–Kier alpha value is -0.900. The zero-order chi connectivity index (χ0) is 10.6. The quantitative estimate of drug-likeness (QED) is 0.818. The Bertz CT molecular complexity index is 280. The van der Waals surface area contributed by atoms with Crippen LogP contribution in [-0.2, 0) is 10.5 Å². The normalized spacial score (nSPS) is 13.1. The van der Waals surface area contributed by atoms with Crippen LogP contribution in [0.3, 0.4) is 0 Å². The standard InChI is InChI=1S/C10H14O3S/c1-7(2)9(10(11)12)14-6-8-3-4-13-5-8/h3-5,7,9H,6H2,1-2H3,(H,11,12). The fraction of sp³-hybridized carbons (Fsp3) is 0.500. The molecular weight excluding hydrogens is 200 g/mol. The predicted octanol–water partition coefficient (Wildman–Crippen LogP) is 2.62. The lowest BCUT2D eigenvalue weighted by Crippen LogP contribution is -2.22. The second-order valence-corrected chi connectivity index (χ2v) is 4.58. The van der Waals surface area contributed by atoms with Crippen molar-refractivity contribution in [2.24, 2.45) is 5.92 Å². The molecule has 1 aromatic heterocycles. The summed E-state index contributed by atoms with van der Waals surface area (Å²) in [6.07, 6.45) is 3.24. The molecule has 0 radical (unpaired) electrons. The Labute approximate surface area is 87.5 Å². The fourth-order valence-corrected chi connectivity index (χ4v) is 2.17. The number of carbonyl (C=O) groups is 1. The van der Waals surface area contributed by atoms with Crippen LogP contribution in [-0.4, -0.2) is 16.3 Å². The van der Waals surface area contributed by atoms with Crippen molar-refractivity contribution in [3.63, 3.8) is 0 Å². The van der Waals surface area contributed by atoms with Crippen molar-refractivity contribution in [1.29, 1.82) is 0 Å². The van der Waals surface area contributed by atoms with Crippen molar-refractivity contribution in [2.75, 3.05) is 0 Å². The van der Waals surface area contributed by atoms with Gasteiger partial charge in [-0.3, -0.25) is 4.79 Å². The highest BCUT2D eigenvalue weighted by atomic mass is 32.2. The molecule has 78 valence electrons. The van der Waals surface area contributed by atoms with Crippen LogP contribution in [0.5, 0.6) is 0 Å². The average Bonchev–Trinajstić information content (AvgIpc) is 2.55. The van der Waals surface area contributed by atoms with Gasteiger partial charge in [0, 0.05) is 11.3 Å². The molecule has 14 heavy (non-hydrogen) atoms. The fourth-order valence-electron chi connectivity index (χ4n) is 1.11. The van der Waals surface area contributed by atoms with Crippen LogP contribution in [0.25, 0.3) is 0 Å². The van der Waals surface area contributed by atoms with Gasteiger partial charge >= 0.3 is 5.97 Å². The minimum atomic E-state index is -0.742. The Morgan fingerprint density at radius 1 is 1.64 bits per heavy atom. The van der Waals surface area contributed by atoms with Crippen LogP contribution < -0.4 is 0 Å². The summed E-state index contributed by atoms with van der Waals surface area (Å²) >= 11 is 1.44. The summed E-state index contributed by atoms with van der Waals surface area (Å²) in [7, 11) is 0. The van der Waals surface area contributed by atoms with E-state index in [4.69, 9.17) is 9.52 Å². The van der Waals surface area contributed by atoms with Crippen molar-refractivity contribution in [1.82, 2.24) is 0 Å². The van der Waals surface area contributed by atoms with E-state index in [0.717, 1.165) is 5.56 Å². The number of rotatable bonds is 5. The Balaban J connectivity index is 2.45. The molecule has 0 aliphatic heterocycles. The molecule has 4 heteroatoms. The molecule has 1 heterocycles. The van der Waals surface area contributed by atoms with Gasteiger partial charge in [0.1, 0.15) is 5.25 Å². The molecule has 0 aliphatic carbocycles. The number of hydrogen-bond donors (Lipinski definition) is 1. The summed E-state index contributed by atoms with van der Waals surface area (Å²) in [5, 5.41) is 8.59. The highest BCUT2D eigenvalue weighted by Gasteiger charge is 2.21. The second-order valence-electron chi connectivity index (χ2n) is 3.45. The van der Waals surface area contributed by atoms with Gasteiger partial charge in [0.05, 0.1) is 12.5 Å². The molecule has 0 aliphatic rings. The molecule has 1 unspecified atom stereocenters. The van der Waals surface area contributed by atoms with E-state index in [9.17, 15) is 4.79 Å². The maximum atomic E-state index is 10.9. The van der Waals surface area contributed by atoms with Crippen molar-refractivity contribution < 1.29 is 14.3 Å². The van der Waals surface area contributed by atoms with Crippen LogP contribution in [0.15, 0.2) is 23.0 Å². The number of thioether (sulfide) groups is 1. The Morgan fingerprint density at radius 3 is 2.79 bits per heavy atom. The molecule has 0 fully saturated rings. The molecule has 1 atom stereocenters. The molecule has 0 saturated carbocycles. The molecule has 0 amide bonds. The van der Waals surface area contributed by atoms with E-state index >= 15 is 0 Å². The first-order valence-corrected chi connectivity index (χ1v) is 5.51. The molecule has 0 spiro atoms. The van der Waals surface area contributed by atoms with Gasteiger partial charge in [0.2, 0.25) is 0 Å². The van der Waals surface area contributed by atoms with E-state index in [0.29, 0.717) is 5.75 Å². The lowest BCUT2D eigenvalue weighted by atomic mass is 10.1. The molecule has 0 bridgehead atoms. The molecule has 1 rings (SSSR count). The first kappa shape index (κ1) is 11.2. The minimum absolute atomic E-state index is 0.143. The zero-order valence-corrected chi connectivity index (χ0v) is 9.08. The van der Waals surface area contributed by atoms with Crippen molar-refractivity contribution in [3.8, 4) is 0 Å². The second kappa shape index (κ2) is 5.10. The summed E-state index contributed by atoms with van der Waals surface area (Å²) < 4.78 is 4.91. The number of furan rings is 1. The van der Waals surface area contributed by atoms with Crippen molar-refractivity contribution in [2.45, 2.75) is 24.9 Å². The van der Waals surface area contributed by atoms with Gasteiger partial charge in [-0.2, -0.15) is 0 Å². The Kier molecular flexibility index (Phi) is 4.07. The molecule has 1 N–H and O–H groups in total. The zero-order valence-electron chi connectivity index (χ0n) is 8.27. The van der Waals surface area contributed by atoms with Crippen LogP contribution in [0.4, 0.5) is 0 Å². The summed E-state index contributed by atoms with van der Waals surface area (Å²) in [6, 6.07) is 1.85. The number of carboxylic acids is 1. The topological polar surface area (TPSA) is 50.4 Å². The average molecular weight is 214 g/mol.